The highest BCUT2D eigenvalue weighted by Gasteiger charge is 2.27. The quantitative estimate of drug-likeness (QED) is 0.164. The second kappa shape index (κ2) is 14.6. The van der Waals surface area contributed by atoms with Crippen LogP contribution in [0.4, 0.5) is 0 Å². The van der Waals surface area contributed by atoms with Crippen LogP contribution in [0.1, 0.15) is 5.69 Å². The Morgan fingerprint density at radius 1 is 0.586 bits per heavy atom. The third-order valence-corrected chi connectivity index (χ3v) is 14.7. The number of aromatic amines is 2. The Morgan fingerprint density at radius 2 is 1.43 bits per heavy atom. The summed E-state index contributed by atoms with van der Waals surface area (Å²) in [5.41, 5.74) is 19.2. The van der Waals surface area contributed by atoms with Crippen molar-refractivity contribution in [3.8, 4) is 67.6 Å². The maximum atomic E-state index is 5.86. The van der Waals surface area contributed by atoms with Gasteiger partial charge in [0.15, 0.2) is 0 Å². The molecule has 12 heteroatoms. The van der Waals surface area contributed by atoms with Gasteiger partial charge in [0.1, 0.15) is 28.9 Å². The number of hydrogen-bond donors (Lipinski definition) is 2. The molecule has 0 saturated carbocycles. The SMILES string of the molecule is Cc1nonc1-c1cccc2[nH]c3[nH]c4cc(-c5cccc(-c6cccc7c8c9ccc(-c%10ncco%10)cc9n(-c9cccc%10c9ccn%10C)c8n(-c8ccccc8)c67)c5)cc(-c5ccsn5)c4c3c12. The van der Waals surface area contributed by atoms with Crippen LogP contribution in [0.15, 0.2) is 185 Å². The van der Waals surface area contributed by atoms with Gasteiger partial charge in [-0.3, -0.25) is 9.13 Å². The zero-order valence-corrected chi connectivity index (χ0v) is 38.4. The van der Waals surface area contributed by atoms with Gasteiger partial charge in [0.2, 0.25) is 5.89 Å². The van der Waals surface area contributed by atoms with E-state index in [-0.39, 0.29) is 0 Å². The Morgan fingerprint density at radius 3 is 2.29 bits per heavy atom. The lowest BCUT2D eigenvalue weighted by molar-refractivity contribution is 0.306. The number of aryl methyl sites for hydroxylation is 2. The summed E-state index contributed by atoms with van der Waals surface area (Å²) in [7, 11) is 2.10. The lowest BCUT2D eigenvalue weighted by Crippen LogP contribution is -2.03. The molecule has 15 rings (SSSR count). The summed E-state index contributed by atoms with van der Waals surface area (Å²) in [6, 6.07) is 54.7. The molecule has 70 heavy (non-hydrogen) atoms. The molecule has 0 saturated heterocycles. The molecule has 0 aliphatic heterocycles. The number of fused-ring (bicyclic) bond motifs is 11. The lowest BCUT2D eigenvalue weighted by atomic mass is 9.93. The maximum Gasteiger partial charge on any atom is 0.225 e. The first kappa shape index (κ1) is 38.8. The molecule has 332 valence electrons. The summed E-state index contributed by atoms with van der Waals surface area (Å²) in [5.74, 6) is 0.584. The minimum atomic E-state index is 0.584. The topological polar surface area (TPSA) is 124 Å². The molecule has 15 aromatic rings. The number of H-pyrrole nitrogens is 2. The van der Waals surface area contributed by atoms with Gasteiger partial charge in [0.25, 0.3) is 0 Å². The molecule has 11 nitrogen and oxygen atoms in total. The molecule has 7 aromatic carbocycles. The first-order valence-corrected chi connectivity index (χ1v) is 23.9. The van der Waals surface area contributed by atoms with E-state index in [9.17, 15) is 0 Å². The fourth-order valence-electron chi connectivity index (χ4n) is 11.1. The molecule has 0 amide bonds. The standard InChI is InChI=1S/C58H37N9O2S/c1-32-54(63-69-62-32)41-15-8-17-45-51(41)53-52-43(44-23-27-70-64-44)29-36(30-46(52)61-56(53)60-45)33-10-6-11-34(28-33)38-14-7-16-42-50-40-21-20-35(57-59-24-26-68-57)31-49(40)67(48-19-9-18-47-39(48)22-25-65(47)2)58(50)66(55(38)42)37-12-4-3-5-13-37/h3-31,60-61H,1-2H3. The van der Waals surface area contributed by atoms with Crippen molar-refractivity contribution >= 4 is 88.1 Å². The number of benzene rings is 7. The molecule has 0 spiro atoms. The summed E-state index contributed by atoms with van der Waals surface area (Å²) in [6.07, 6.45) is 5.46. The van der Waals surface area contributed by atoms with Crippen molar-refractivity contribution in [1.29, 1.82) is 0 Å². The van der Waals surface area contributed by atoms with Crippen molar-refractivity contribution in [2.75, 3.05) is 0 Å². The smallest absolute Gasteiger partial charge is 0.225 e. The van der Waals surface area contributed by atoms with E-state index in [2.05, 4.69) is 198 Å². The lowest BCUT2D eigenvalue weighted by Gasteiger charge is -2.16. The molecule has 0 unspecified atom stereocenters. The van der Waals surface area contributed by atoms with E-state index in [4.69, 9.17) is 13.4 Å². The van der Waals surface area contributed by atoms with Crippen LogP contribution in [0.25, 0.3) is 144 Å². The van der Waals surface area contributed by atoms with Gasteiger partial charge in [-0.1, -0.05) is 84.0 Å². The Bertz CT molecular complexity index is 4560. The van der Waals surface area contributed by atoms with Crippen LogP contribution in [-0.2, 0) is 7.05 Å². The molecule has 8 heterocycles. The Kier molecular flexibility index (Phi) is 8.10. The first-order valence-electron chi connectivity index (χ1n) is 23.1. The maximum absolute atomic E-state index is 5.86. The second-order valence-corrected chi connectivity index (χ2v) is 18.6. The largest absolute Gasteiger partial charge is 0.445 e. The van der Waals surface area contributed by atoms with Gasteiger partial charge in [-0.25, -0.2) is 9.61 Å². The van der Waals surface area contributed by atoms with Crippen molar-refractivity contribution in [2.45, 2.75) is 6.92 Å². The van der Waals surface area contributed by atoms with Crippen LogP contribution in [0.5, 0.6) is 0 Å². The molecule has 0 atom stereocenters. The van der Waals surface area contributed by atoms with Gasteiger partial charge in [-0.15, -0.1) is 0 Å². The number of nitrogens with one attached hydrogen (secondary N) is 2. The third-order valence-electron chi connectivity index (χ3n) is 14.1. The van der Waals surface area contributed by atoms with E-state index in [1.165, 1.54) is 16.9 Å². The fraction of sp³-hybridized carbons (Fsp3) is 0.0345. The van der Waals surface area contributed by atoms with Gasteiger partial charge >= 0.3 is 0 Å². The number of rotatable bonds is 7. The molecule has 0 aliphatic carbocycles. The summed E-state index contributed by atoms with van der Waals surface area (Å²) < 4.78 is 23.1. The molecule has 0 radical (unpaired) electrons. The predicted octanol–water partition coefficient (Wildman–Crippen LogP) is 14.8. The summed E-state index contributed by atoms with van der Waals surface area (Å²) in [6.45, 7) is 1.92. The van der Waals surface area contributed by atoms with E-state index in [0.717, 1.165) is 139 Å². The summed E-state index contributed by atoms with van der Waals surface area (Å²) >= 11 is 1.45. The van der Waals surface area contributed by atoms with Crippen LogP contribution >= 0.6 is 11.5 Å². The number of aromatic nitrogens is 9. The zero-order chi connectivity index (χ0) is 46.2. The zero-order valence-electron chi connectivity index (χ0n) is 37.6. The highest BCUT2D eigenvalue weighted by Crippen LogP contribution is 2.47. The highest BCUT2D eigenvalue weighted by atomic mass is 32.1. The van der Waals surface area contributed by atoms with Crippen LogP contribution in [0.3, 0.4) is 0 Å². The van der Waals surface area contributed by atoms with E-state index >= 15 is 0 Å². The van der Waals surface area contributed by atoms with Crippen molar-refractivity contribution < 1.29 is 9.05 Å². The van der Waals surface area contributed by atoms with Crippen molar-refractivity contribution in [1.82, 2.24) is 43.3 Å². The highest BCUT2D eigenvalue weighted by molar-refractivity contribution is 7.03. The third kappa shape index (κ3) is 5.50. The Hall–Kier alpha value is -9.26. The van der Waals surface area contributed by atoms with E-state index < -0.39 is 0 Å². The van der Waals surface area contributed by atoms with Crippen LogP contribution in [-0.4, -0.2) is 43.3 Å². The van der Waals surface area contributed by atoms with Gasteiger partial charge < -0.3 is 19.0 Å². The second-order valence-electron chi connectivity index (χ2n) is 18.0. The van der Waals surface area contributed by atoms with Gasteiger partial charge in [0.05, 0.1) is 28.6 Å². The van der Waals surface area contributed by atoms with Crippen LogP contribution in [0, 0.1) is 6.92 Å². The number of oxazole rings is 1. The number of hydrogen-bond acceptors (Lipinski definition) is 7. The molecule has 2 N–H and O–H groups in total. The van der Waals surface area contributed by atoms with Crippen molar-refractivity contribution in [3.05, 3.63) is 181 Å². The van der Waals surface area contributed by atoms with Gasteiger partial charge in [-0.05, 0) is 113 Å². The van der Waals surface area contributed by atoms with Crippen LogP contribution in [0.2, 0.25) is 0 Å². The predicted molar refractivity (Wildman–Crippen MR) is 281 cm³/mol. The fourth-order valence-corrected chi connectivity index (χ4v) is 11.6. The molecule has 0 aliphatic rings. The van der Waals surface area contributed by atoms with Crippen molar-refractivity contribution in [3.63, 3.8) is 0 Å². The van der Waals surface area contributed by atoms with Crippen LogP contribution < -0.4 is 0 Å². The van der Waals surface area contributed by atoms with Gasteiger partial charge in [0, 0.05) is 101 Å². The molecular formula is C58H37N9O2S. The Labute approximate surface area is 401 Å². The average Bonchev–Trinajstić information content (AvgIpc) is 4.27. The van der Waals surface area contributed by atoms with E-state index in [0.29, 0.717) is 5.89 Å². The molecule has 0 fully saturated rings. The van der Waals surface area contributed by atoms with Crippen molar-refractivity contribution in [2.24, 2.45) is 7.05 Å². The number of nitrogens with zero attached hydrogens (tertiary/aromatic N) is 7. The van der Waals surface area contributed by atoms with E-state index in [1.54, 1.807) is 12.5 Å². The number of para-hydroxylation sites is 2. The molecule has 0 bridgehead atoms. The Balaban J connectivity index is 0.984. The average molecular weight is 924 g/mol. The summed E-state index contributed by atoms with van der Waals surface area (Å²) in [5, 5.41) is 18.4. The van der Waals surface area contributed by atoms with Gasteiger partial charge in [-0.2, -0.15) is 4.37 Å². The molecule has 8 aromatic heterocycles. The summed E-state index contributed by atoms with van der Waals surface area (Å²) in [4.78, 5) is 12.0. The normalized spacial score (nSPS) is 12.1. The molecular weight excluding hydrogens is 887 g/mol. The minimum absolute atomic E-state index is 0.584. The minimum Gasteiger partial charge on any atom is -0.445 e. The van der Waals surface area contributed by atoms with E-state index in [1.807, 2.05) is 18.4 Å². The monoisotopic (exact) mass is 923 g/mol. The first-order chi connectivity index (χ1) is 34.6.